The topological polar surface area (TPSA) is 101 Å². The van der Waals surface area contributed by atoms with E-state index in [1.165, 1.54) is 0 Å². The number of hydrogen-bond donors (Lipinski definition) is 2. The molecule has 0 spiro atoms. The molecule has 0 saturated heterocycles. The summed E-state index contributed by atoms with van der Waals surface area (Å²) in [7, 11) is -3.81. The zero-order valence-electron chi connectivity index (χ0n) is 20.9. The Morgan fingerprint density at radius 3 is 2.65 bits per heavy atom. The first-order valence-electron chi connectivity index (χ1n) is 12.5. The van der Waals surface area contributed by atoms with Crippen molar-refractivity contribution in [1.82, 2.24) is 14.6 Å². The molecule has 2 aliphatic rings. The number of pyridine rings is 1. The van der Waals surface area contributed by atoms with Gasteiger partial charge in [-0.15, -0.1) is 0 Å². The van der Waals surface area contributed by atoms with Crippen molar-refractivity contribution in [2.45, 2.75) is 56.7 Å². The number of benzene rings is 1. The largest absolute Gasteiger partial charge is 0.511 e. The van der Waals surface area contributed by atoms with E-state index in [2.05, 4.69) is 10.3 Å². The van der Waals surface area contributed by atoms with Crippen molar-refractivity contribution in [3.63, 3.8) is 0 Å². The monoisotopic (exact) mass is 541 g/mol. The van der Waals surface area contributed by atoms with Crippen molar-refractivity contribution in [2.75, 3.05) is 37.4 Å². The molecule has 2 heterocycles. The number of ether oxygens (including phenoxy) is 1. The van der Waals surface area contributed by atoms with Gasteiger partial charge in [0.05, 0.1) is 12.2 Å². The number of anilines is 2. The fraction of sp³-hybridized carbons (Fsp3) is 0.560. The first-order valence-corrected chi connectivity index (χ1v) is 14.0. The van der Waals surface area contributed by atoms with Crippen LogP contribution in [0.2, 0.25) is 0 Å². The number of alkyl halides is 3. The molecule has 1 atom stereocenters. The van der Waals surface area contributed by atoms with Gasteiger partial charge < -0.3 is 20.7 Å². The lowest BCUT2D eigenvalue weighted by Crippen LogP contribution is -2.47. The van der Waals surface area contributed by atoms with Gasteiger partial charge in [-0.1, -0.05) is 31.7 Å². The average Bonchev–Trinajstić information content (AvgIpc) is 3.29. The number of nitrogen functional groups attached to an aromatic ring is 1. The third kappa shape index (κ3) is 6.29. The maximum absolute atomic E-state index is 13.8. The van der Waals surface area contributed by atoms with E-state index in [-0.39, 0.29) is 19.7 Å². The van der Waals surface area contributed by atoms with E-state index in [4.69, 9.17) is 10.5 Å². The number of likely N-dealkylation sites (N-methyl/N-ethyl adjacent to an activating group) is 1. The smallest absolute Gasteiger partial charge is 0.492 e. The average molecular weight is 542 g/mol. The van der Waals surface area contributed by atoms with E-state index >= 15 is 0 Å². The van der Waals surface area contributed by atoms with Crippen molar-refractivity contribution in [3.8, 4) is 5.75 Å². The second-order valence-electron chi connectivity index (χ2n) is 9.70. The summed E-state index contributed by atoms with van der Waals surface area (Å²) in [6.07, 6.45) is 6.26. The maximum atomic E-state index is 13.8. The molecule has 3 N–H and O–H groups in total. The van der Waals surface area contributed by atoms with Gasteiger partial charge in [0, 0.05) is 48.8 Å². The molecule has 0 bridgehead atoms. The van der Waals surface area contributed by atoms with Crippen LogP contribution in [0, 0.1) is 5.92 Å². The molecule has 1 fully saturated rings. The number of halogens is 3. The Morgan fingerprint density at radius 2 is 1.97 bits per heavy atom. The lowest BCUT2D eigenvalue weighted by Gasteiger charge is -2.35. The molecule has 1 aromatic carbocycles. The lowest BCUT2D eigenvalue weighted by molar-refractivity contribution is -0.0492. The van der Waals surface area contributed by atoms with E-state index in [1.807, 2.05) is 11.0 Å². The van der Waals surface area contributed by atoms with Crippen molar-refractivity contribution in [1.29, 1.82) is 0 Å². The molecule has 0 amide bonds. The first kappa shape index (κ1) is 27.5. The minimum Gasteiger partial charge on any atom is -0.492 e. The number of nitrogens with two attached hydrogens (primary N) is 1. The van der Waals surface area contributed by atoms with E-state index in [1.54, 1.807) is 37.5 Å². The summed E-state index contributed by atoms with van der Waals surface area (Å²) < 4.78 is 73.3. The van der Waals surface area contributed by atoms with E-state index in [0.29, 0.717) is 51.6 Å². The zero-order chi connectivity index (χ0) is 26.6. The Labute approximate surface area is 216 Å². The van der Waals surface area contributed by atoms with Crippen LogP contribution in [0.25, 0.3) is 0 Å². The van der Waals surface area contributed by atoms with Gasteiger partial charge in [0.25, 0.3) is 0 Å². The first-order chi connectivity index (χ1) is 17.6. The van der Waals surface area contributed by atoms with Crippen LogP contribution < -0.4 is 20.7 Å². The second kappa shape index (κ2) is 11.4. The second-order valence-corrected chi connectivity index (χ2v) is 11.6. The van der Waals surface area contributed by atoms with E-state index in [0.717, 1.165) is 25.7 Å². The lowest BCUT2D eigenvalue weighted by atomic mass is 9.96. The molecule has 4 rings (SSSR count). The predicted molar refractivity (Wildman–Crippen MR) is 136 cm³/mol. The van der Waals surface area contributed by atoms with Gasteiger partial charge in [-0.2, -0.15) is 17.5 Å². The minimum absolute atomic E-state index is 0.273. The van der Waals surface area contributed by atoms with Crippen molar-refractivity contribution < 1.29 is 26.3 Å². The van der Waals surface area contributed by atoms with Gasteiger partial charge in [0.2, 0.25) is 0 Å². The third-order valence-electron chi connectivity index (χ3n) is 7.10. The summed E-state index contributed by atoms with van der Waals surface area (Å²) in [5, 5.41) is 2.97. The van der Waals surface area contributed by atoms with Crippen LogP contribution in [0.4, 0.5) is 24.5 Å². The van der Waals surface area contributed by atoms with Gasteiger partial charge in [0.1, 0.15) is 12.4 Å². The number of nitrogens with one attached hydrogen (secondary N) is 1. The number of rotatable bonds is 9. The van der Waals surface area contributed by atoms with Crippen molar-refractivity contribution in [3.05, 3.63) is 47.8 Å². The number of aromatic nitrogens is 1. The number of hydrogen-bond acceptors (Lipinski definition) is 7. The molecule has 2 aromatic rings. The number of sulfonamides is 1. The minimum atomic E-state index is -5.57. The fourth-order valence-electron chi connectivity index (χ4n) is 5.29. The van der Waals surface area contributed by atoms with Crippen molar-refractivity contribution in [2.24, 2.45) is 5.92 Å². The van der Waals surface area contributed by atoms with Gasteiger partial charge >= 0.3 is 15.5 Å². The van der Waals surface area contributed by atoms with Crippen molar-refractivity contribution >= 4 is 21.4 Å². The van der Waals surface area contributed by atoms with Crippen LogP contribution in [0.5, 0.6) is 5.75 Å². The molecule has 8 nitrogen and oxygen atoms in total. The van der Waals surface area contributed by atoms with E-state index < -0.39 is 28.1 Å². The molecule has 0 radical (unpaired) electrons. The highest BCUT2D eigenvalue weighted by Crippen LogP contribution is 2.41. The number of nitrogens with zero attached hydrogens (tertiary/aromatic N) is 3. The van der Waals surface area contributed by atoms with Crippen LogP contribution >= 0.6 is 0 Å². The van der Waals surface area contributed by atoms with Gasteiger partial charge in [-0.25, -0.2) is 8.42 Å². The fourth-order valence-corrected chi connectivity index (χ4v) is 6.25. The van der Waals surface area contributed by atoms with Crippen LogP contribution in [0.1, 0.15) is 43.4 Å². The molecule has 1 aliphatic heterocycles. The summed E-state index contributed by atoms with van der Waals surface area (Å²) in [6, 6.07) is 8.18. The normalized spacial score (nSPS) is 19.6. The van der Waals surface area contributed by atoms with Crippen LogP contribution in [0.15, 0.2) is 36.5 Å². The van der Waals surface area contributed by atoms with Crippen LogP contribution in [0.3, 0.4) is 0 Å². The summed E-state index contributed by atoms with van der Waals surface area (Å²) in [5.74, 6) is 0.676. The van der Waals surface area contributed by atoms with Gasteiger partial charge in [-0.3, -0.25) is 4.98 Å². The summed E-state index contributed by atoms with van der Waals surface area (Å²) in [6.45, 7) is 0.353. The highest BCUT2D eigenvalue weighted by molar-refractivity contribution is 7.89. The molecule has 204 valence electrons. The van der Waals surface area contributed by atoms with Crippen LogP contribution in [-0.2, 0) is 23.1 Å². The van der Waals surface area contributed by atoms with E-state index in [9.17, 15) is 21.6 Å². The quantitative estimate of drug-likeness (QED) is 0.465. The summed E-state index contributed by atoms with van der Waals surface area (Å²) >= 11 is 0. The molecule has 1 saturated carbocycles. The number of fused-ring (bicyclic) bond motifs is 1. The summed E-state index contributed by atoms with van der Waals surface area (Å²) in [4.78, 5) is 6.41. The van der Waals surface area contributed by atoms with Crippen LogP contribution in [-0.4, -0.2) is 56.0 Å². The molecular weight excluding hydrogens is 507 g/mol. The Morgan fingerprint density at radius 1 is 1.22 bits per heavy atom. The molecule has 12 heteroatoms. The molecule has 1 aromatic heterocycles. The highest BCUT2D eigenvalue weighted by atomic mass is 32.2. The molecular formula is C25H34F3N5O3S. The Hall–Kier alpha value is -2.57. The Kier molecular flexibility index (Phi) is 8.49. The molecule has 1 unspecified atom stereocenters. The summed E-state index contributed by atoms with van der Waals surface area (Å²) in [5.41, 5.74) is 2.80. The molecule has 1 aliphatic carbocycles. The SMILES string of the molecule is CNCCOc1cccc2c1CN(S(=O)(=O)C(F)(F)F)CC(CC1CCCC1)N2Cc1cc(N)ccn1. The molecule has 37 heavy (non-hydrogen) atoms. The Balaban J connectivity index is 1.82. The maximum Gasteiger partial charge on any atom is 0.511 e. The predicted octanol–water partition coefficient (Wildman–Crippen LogP) is 3.88. The van der Waals surface area contributed by atoms with Gasteiger partial charge in [0.15, 0.2) is 0 Å². The standard InChI is InChI=1S/C25H34F3N5O3S/c1-30-11-12-36-24-8-4-7-23-22(24)17-32(37(34,35)25(26,27)28)16-21(13-18-5-2-3-6-18)33(23)15-20-14-19(29)9-10-31-20/h4,7-10,14,18,21,30H,2-3,5-6,11-13,15-17H2,1H3,(H2,29,31). The Bertz CT molecular complexity index is 1170. The third-order valence-corrected chi connectivity index (χ3v) is 8.65. The van der Waals surface area contributed by atoms with Gasteiger partial charge in [-0.05, 0) is 43.7 Å². The highest BCUT2D eigenvalue weighted by Gasteiger charge is 2.51. The zero-order valence-corrected chi connectivity index (χ0v) is 21.7.